The molecule has 8 heteroatoms. The first-order valence-corrected chi connectivity index (χ1v) is 12.8. The van der Waals surface area contributed by atoms with Crippen molar-refractivity contribution in [3.63, 3.8) is 0 Å². The van der Waals surface area contributed by atoms with Crippen molar-refractivity contribution in [1.82, 2.24) is 4.90 Å². The molecule has 2 amide bonds. The van der Waals surface area contributed by atoms with Gasteiger partial charge in [0.05, 0.1) is 18.4 Å². The molecule has 202 valence electrons. The summed E-state index contributed by atoms with van der Waals surface area (Å²) in [7, 11) is 1.46. The summed E-state index contributed by atoms with van der Waals surface area (Å²) < 4.78 is 10.9. The topological polar surface area (TPSA) is 105 Å². The molecule has 1 aliphatic rings. The van der Waals surface area contributed by atoms with E-state index in [2.05, 4.69) is 17.4 Å². The van der Waals surface area contributed by atoms with Gasteiger partial charge in [-0.1, -0.05) is 78.9 Å². The lowest BCUT2D eigenvalue weighted by Gasteiger charge is -2.23. The maximum absolute atomic E-state index is 13.6. The van der Waals surface area contributed by atoms with E-state index < -0.39 is 24.5 Å². The minimum Gasteiger partial charge on any atom is -0.497 e. The predicted molar refractivity (Wildman–Crippen MR) is 151 cm³/mol. The first-order valence-electron chi connectivity index (χ1n) is 12.8. The molecule has 0 aliphatic heterocycles. The van der Waals surface area contributed by atoms with Crippen LogP contribution in [-0.2, 0) is 16.1 Å². The van der Waals surface area contributed by atoms with Crippen LogP contribution in [0.15, 0.2) is 97.1 Å². The van der Waals surface area contributed by atoms with Crippen LogP contribution in [0, 0.1) is 0 Å². The number of carbonyl (C=O) groups is 3. The quantitative estimate of drug-likeness (QED) is 0.281. The molecule has 8 nitrogen and oxygen atoms in total. The van der Waals surface area contributed by atoms with Gasteiger partial charge in [0, 0.05) is 12.5 Å². The van der Waals surface area contributed by atoms with Gasteiger partial charge >= 0.3 is 12.1 Å². The lowest BCUT2D eigenvalue weighted by Crippen LogP contribution is -2.35. The van der Waals surface area contributed by atoms with Crippen molar-refractivity contribution in [3.8, 4) is 16.9 Å². The van der Waals surface area contributed by atoms with Gasteiger partial charge in [-0.05, 0) is 46.0 Å². The van der Waals surface area contributed by atoms with Gasteiger partial charge in [-0.15, -0.1) is 0 Å². The number of anilines is 1. The maximum Gasteiger partial charge on any atom is 0.411 e. The number of carboxylic acids is 1. The smallest absolute Gasteiger partial charge is 0.411 e. The van der Waals surface area contributed by atoms with Crippen LogP contribution in [0.2, 0.25) is 0 Å². The largest absolute Gasteiger partial charge is 0.497 e. The molecular formula is C32H28N2O6. The van der Waals surface area contributed by atoms with Gasteiger partial charge in [-0.2, -0.15) is 0 Å². The number of amides is 2. The minimum atomic E-state index is -1.15. The summed E-state index contributed by atoms with van der Waals surface area (Å²) in [5, 5.41) is 12.2. The molecule has 4 aromatic rings. The Morgan fingerprint density at radius 2 is 1.48 bits per heavy atom. The van der Waals surface area contributed by atoms with Crippen LogP contribution < -0.4 is 10.1 Å². The summed E-state index contributed by atoms with van der Waals surface area (Å²) in [6, 6.07) is 29.8. The standard InChI is InChI=1S/C32H28N2O6/c1-39-22-15-16-29(27(17-22)31(37)34(19-30(35)36)18-21-9-3-2-4-10-21)33-32(38)40-20-28-25-13-7-5-11-23(25)24-12-6-8-14-26(24)28/h2-17,28H,18-20H2,1H3,(H,33,38)(H,35,36). The number of carboxylic acid groups (broad SMARTS) is 1. The second kappa shape index (κ2) is 11.7. The zero-order valence-electron chi connectivity index (χ0n) is 21.9. The Hall–Kier alpha value is -5.11. The van der Waals surface area contributed by atoms with E-state index >= 15 is 0 Å². The van der Waals surface area contributed by atoms with Crippen LogP contribution in [0.25, 0.3) is 11.1 Å². The molecule has 0 saturated carbocycles. The summed E-state index contributed by atoms with van der Waals surface area (Å²) in [5.41, 5.74) is 5.45. The fourth-order valence-corrected chi connectivity index (χ4v) is 5.02. The summed E-state index contributed by atoms with van der Waals surface area (Å²) in [5.74, 6) is -1.46. The lowest BCUT2D eigenvalue weighted by atomic mass is 9.98. The van der Waals surface area contributed by atoms with Crippen molar-refractivity contribution < 1.29 is 29.0 Å². The van der Waals surface area contributed by atoms with E-state index in [1.54, 1.807) is 6.07 Å². The van der Waals surface area contributed by atoms with Crippen LogP contribution in [0.3, 0.4) is 0 Å². The molecule has 4 aromatic carbocycles. The summed E-state index contributed by atoms with van der Waals surface area (Å²) in [4.78, 5) is 39.4. The number of benzene rings is 4. The number of carbonyl (C=O) groups excluding carboxylic acids is 2. The lowest BCUT2D eigenvalue weighted by molar-refractivity contribution is -0.137. The molecular weight excluding hydrogens is 508 g/mol. The third-order valence-electron chi connectivity index (χ3n) is 6.87. The highest BCUT2D eigenvalue weighted by molar-refractivity contribution is 6.04. The van der Waals surface area contributed by atoms with Gasteiger partial charge in [-0.25, -0.2) is 4.79 Å². The number of nitrogens with zero attached hydrogens (tertiary/aromatic N) is 1. The van der Waals surface area contributed by atoms with E-state index in [0.29, 0.717) is 5.75 Å². The third-order valence-corrected chi connectivity index (χ3v) is 6.87. The summed E-state index contributed by atoms with van der Waals surface area (Å²) >= 11 is 0. The normalized spacial score (nSPS) is 11.7. The molecule has 5 rings (SSSR count). The Labute approximate surface area is 231 Å². The molecule has 0 unspecified atom stereocenters. The average molecular weight is 537 g/mol. The fraction of sp³-hybridized carbons (Fsp3) is 0.156. The van der Waals surface area contributed by atoms with Crippen LogP contribution in [-0.4, -0.2) is 48.2 Å². The van der Waals surface area contributed by atoms with Gasteiger partial charge in [-0.3, -0.25) is 14.9 Å². The highest BCUT2D eigenvalue weighted by atomic mass is 16.5. The van der Waals surface area contributed by atoms with E-state index in [0.717, 1.165) is 27.8 Å². The molecule has 1 aliphatic carbocycles. The van der Waals surface area contributed by atoms with Crippen LogP contribution in [0.4, 0.5) is 10.5 Å². The van der Waals surface area contributed by atoms with E-state index in [4.69, 9.17) is 9.47 Å². The van der Waals surface area contributed by atoms with Crippen LogP contribution in [0.5, 0.6) is 5.75 Å². The zero-order valence-corrected chi connectivity index (χ0v) is 21.9. The van der Waals surface area contributed by atoms with Gasteiger partial charge in [0.25, 0.3) is 5.91 Å². The molecule has 0 atom stereocenters. The van der Waals surface area contributed by atoms with Crippen molar-refractivity contribution in [3.05, 3.63) is 119 Å². The van der Waals surface area contributed by atoms with Gasteiger partial charge in [0.1, 0.15) is 18.9 Å². The Morgan fingerprint density at radius 1 is 0.850 bits per heavy atom. The van der Waals surface area contributed by atoms with Gasteiger partial charge in [0.2, 0.25) is 0 Å². The molecule has 0 spiro atoms. The summed E-state index contributed by atoms with van der Waals surface area (Å²) in [6.45, 7) is -0.332. The third kappa shape index (κ3) is 5.66. The molecule has 0 bridgehead atoms. The molecule has 40 heavy (non-hydrogen) atoms. The fourth-order valence-electron chi connectivity index (χ4n) is 5.02. The Morgan fingerprint density at radius 3 is 2.10 bits per heavy atom. The first kappa shape index (κ1) is 26.5. The van der Waals surface area contributed by atoms with Crippen LogP contribution >= 0.6 is 0 Å². The number of nitrogens with one attached hydrogen (secondary N) is 1. The van der Waals surface area contributed by atoms with Crippen molar-refractivity contribution in [2.24, 2.45) is 0 Å². The summed E-state index contributed by atoms with van der Waals surface area (Å²) in [6.07, 6.45) is -0.728. The van der Waals surface area contributed by atoms with Crippen molar-refractivity contribution in [2.75, 3.05) is 25.6 Å². The van der Waals surface area contributed by atoms with Crippen molar-refractivity contribution >= 4 is 23.7 Å². The van der Waals surface area contributed by atoms with Gasteiger partial charge in [0.15, 0.2) is 0 Å². The molecule has 0 heterocycles. The number of aliphatic carboxylic acids is 1. The highest BCUT2D eigenvalue weighted by Gasteiger charge is 2.29. The second-order valence-electron chi connectivity index (χ2n) is 9.40. The monoisotopic (exact) mass is 536 g/mol. The predicted octanol–water partition coefficient (Wildman–Crippen LogP) is 5.78. The van der Waals surface area contributed by atoms with E-state index in [9.17, 15) is 19.5 Å². The SMILES string of the molecule is COc1ccc(NC(=O)OCC2c3ccccc3-c3ccccc32)c(C(=O)N(CC(=O)O)Cc2ccccc2)c1. The zero-order chi connectivity index (χ0) is 28.1. The van der Waals surface area contributed by atoms with Gasteiger partial charge < -0.3 is 19.5 Å². The molecule has 0 aromatic heterocycles. The van der Waals surface area contributed by atoms with Crippen molar-refractivity contribution in [2.45, 2.75) is 12.5 Å². The molecule has 0 fully saturated rings. The number of hydrogen-bond donors (Lipinski definition) is 2. The Kier molecular flexibility index (Phi) is 7.77. The van der Waals surface area contributed by atoms with E-state index in [1.807, 2.05) is 66.7 Å². The van der Waals surface area contributed by atoms with E-state index in [-0.39, 0.29) is 30.3 Å². The number of ether oxygens (including phenoxy) is 2. The number of hydrogen-bond acceptors (Lipinski definition) is 5. The number of fused-ring (bicyclic) bond motifs is 3. The van der Waals surface area contributed by atoms with Crippen molar-refractivity contribution in [1.29, 1.82) is 0 Å². The Bertz CT molecular complexity index is 1510. The van der Waals surface area contributed by atoms with E-state index in [1.165, 1.54) is 24.1 Å². The highest BCUT2D eigenvalue weighted by Crippen LogP contribution is 2.44. The minimum absolute atomic E-state index is 0.0770. The molecule has 0 radical (unpaired) electrons. The maximum atomic E-state index is 13.6. The first-order chi connectivity index (χ1) is 19.4. The number of rotatable bonds is 9. The van der Waals surface area contributed by atoms with Crippen LogP contribution in [0.1, 0.15) is 33.0 Å². The molecule has 2 N–H and O–H groups in total. The molecule has 0 saturated heterocycles. The average Bonchev–Trinajstić information content (AvgIpc) is 3.29. The second-order valence-corrected chi connectivity index (χ2v) is 9.40. The Balaban J connectivity index is 1.35. The number of methoxy groups -OCH3 is 1.